The number of hydrogen-bond acceptors (Lipinski definition) is 1. The van der Waals surface area contributed by atoms with E-state index in [9.17, 15) is 0 Å². The molecule has 0 saturated carbocycles. The molecule has 0 bridgehead atoms. The molecule has 1 nitrogen and oxygen atoms in total. The van der Waals surface area contributed by atoms with E-state index in [-0.39, 0.29) is 0 Å². The van der Waals surface area contributed by atoms with Crippen LogP contribution in [0.4, 0.5) is 0 Å². The molecule has 2 heteroatoms. The fraction of sp³-hybridized carbons (Fsp3) is 0.250. The van der Waals surface area contributed by atoms with E-state index in [1.165, 1.54) is 10.9 Å². The van der Waals surface area contributed by atoms with Crippen molar-refractivity contribution in [3.05, 3.63) is 41.6 Å². The van der Waals surface area contributed by atoms with E-state index in [2.05, 4.69) is 45.4 Å². The van der Waals surface area contributed by atoms with Crippen LogP contribution in [0.2, 0.25) is 0 Å². The lowest BCUT2D eigenvalue weighted by Crippen LogP contribution is -1.92. The van der Waals surface area contributed by atoms with E-state index in [1.54, 1.807) is 0 Å². The van der Waals surface area contributed by atoms with Gasteiger partial charge >= 0.3 is 0 Å². The van der Waals surface area contributed by atoms with Crippen LogP contribution in [0.1, 0.15) is 18.2 Å². The van der Waals surface area contributed by atoms with Crippen LogP contribution in [0.15, 0.2) is 30.3 Å². The molecule has 2 aromatic rings. The van der Waals surface area contributed by atoms with Crippen molar-refractivity contribution in [1.82, 2.24) is 4.98 Å². The SMILES string of the molecule is CCc1cc(CP)nc2ccccc12. The molecule has 14 heavy (non-hydrogen) atoms. The summed E-state index contributed by atoms with van der Waals surface area (Å²) in [6.45, 7) is 2.19. The van der Waals surface area contributed by atoms with Crippen molar-refractivity contribution in [2.45, 2.75) is 19.5 Å². The molecule has 1 atom stereocenters. The molecule has 0 N–H and O–H groups in total. The van der Waals surface area contributed by atoms with E-state index >= 15 is 0 Å². The van der Waals surface area contributed by atoms with Gasteiger partial charge in [-0.2, -0.15) is 0 Å². The lowest BCUT2D eigenvalue weighted by atomic mass is 10.1. The van der Waals surface area contributed by atoms with Gasteiger partial charge in [0.2, 0.25) is 0 Å². The van der Waals surface area contributed by atoms with Crippen molar-refractivity contribution in [3.63, 3.8) is 0 Å². The van der Waals surface area contributed by atoms with Crippen LogP contribution in [0, 0.1) is 0 Å². The number of rotatable bonds is 2. The molecule has 0 aliphatic rings. The maximum atomic E-state index is 4.58. The van der Waals surface area contributed by atoms with Gasteiger partial charge < -0.3 is 0 Å². The van der Waals surface area contributed by atoms with Crippen molar-refractivity contribution in [2.75, 3.05) is 0 Å². The summed E-state index contributed by atoms with van der Waals surface area (Å²) < 4.78 is 0. The highest BCUT2D eigenvalue weighted by atomic mass is 31.0. The number of aryl methyl sites for hydroxylation is 1. The summed E-state index contributed by atoms with van der Waals surface area (Å²) in [6, 6.07) is 10.5. The number of benzene rings is 1. The monoisotopic (exact) mass is 203 g/mol. The quantitative estimate of drug-likeness (QED) is 0.683. The van der Waals surface area contributed by atoms with E-state index < -0.39 is 0 Å². The standard InChI is InChI=1S/C12H14NP/c1-2-9-7-10(8-14)13-12-6-4-3-5-11(9)12/h3-7H,2,8,14H2,1H3. The molecule has 1 heterocycles. The molecular formula is C12H14NP. The fourth-order valence-electron chi connectivity index (χ4n) is 1.71. The van der Waals surface area contributed by atoms with Gasteiger partial charge in [-0.25, -0.2) is 0 Å². The molecular weight excluding hydrogens is 189 g/mol. The van der Waals surface area contributed by atoms with Crippen molar-refractivity contribution in [3.8, 4) is 0 Å². The van der Waals surface area contributed by atoms with Gasteiger partial charge in [-0.3, -0.25) is 4.98 Å². The number of fused-ring (bicyclic) bond motifs is 1. The van der Waals surface area contributed by atoms with Crippen molar-refractivity contribution < 1.29 is 0 Å². The Kier molecular flexibility index (Phi) is 2.79. The Labute approximate surface area is 86.8 Å². The molecule has 0 aliphatic carbocycles. The van der Waals surface area contributed by atoms with Crippen LogP contribution in [-0.2, 0) is 12.6 Å². The van der Waals surface area contributed by atoms with Gasteiger partial charge in [0.25, 0.3) is 0 Å². The lowest BCUT2D eigenvalue weighted by molar-refractivity contribution is 1.12. The second-order valence-electron chi connectivity index (χ2n) is 3.35. The molecule has 1 unspecified atom stereocenters. The van der Waals surface area contributed by atoms with Gasteiger partial charge in [-0.1, -0.05) is 25.1 Å². The number of pyridine rings is 1. The van der Waals surface area contributed by atoms with Gasteiger partial charge in [0.15, 0.2) is 0 Å². The van der Waals surface area contributed by atoms with E-state index in [4.69, 9.17) is 0 Å². The van der Waals surface area contributed by atoms with Gasteiger partial charge in [0.1, 0.15) is 0 Å². The highest BCUT2D eigenvalue weighted by Gasteiger charge is 2.02. The number of hydrogen-bond donors (Lipinski definition) is 0. The molecule has 0 saturated heterocycles. The Morgan fingerprint density at radius 3 is 2.79 bits per heavy atom. The second-order valence-corrected chi connectivity index (χ2v) is 3.76. The van der Waals surface area contributed by atoms with Crippen molar-refractivity contribution in [1.29, 1.82) is 0 Å². The van der Waals surface area contributed by atoms with Gasteiger partial charge in [0, 0.05) is 17.2 Å². The van der Waals surface area contributed by atoms with Gasteiger partial charge in [-0.15, -0.1) is 9.24 Å². The normalized spacial score (nSPS) is 10.7. The summed E-state index contributed by atoms with van der Waals surface area (Å²) in [5.74, 6) is 0. The predicted octanol–water partition coefficient (Wildman–Crippen LogP) is 3.17. The Bertz CT molecular complexity index is 451. The summed E-state index contributed by atoms with van der Waals surface area (Å²) in [6.07, 6.45) is 2.00. The highest BCUT2D eigenvalue weighted by Crippen LogP contribution is 2.19. The van der Waals surface area contributed by atoms with E-state index in [0.717, 1.165) is 23.8 Å². The Morgan fingerprint density at radius 1 is 1.29 bits per heavy atom. The zero-order valence-corrected chi connectivity index (χ0v) is 9.48. The average Bonchev–Trinajstić information content (AvgIpc) is 2.27. The van der Waals surface area contributed by atoms with Crippen LogP contribution < -0.4 is 0 Å². The largest absolute Gasteiger partial charge is 0.252 e. The Morgan fingerprint density at radius 2 is 2.07 bits per heavy atom. The first-order chi connectivity index (χ1) is 6.85. The first kappa shape index (κ1) is 9.61. The summed E-state index contributed by atoms with van der Waals surface area (Å²) in [7, 11) is 2.72. The van der Waals surface area contributed by atoms with E-state index in [0.29, 0.717) is 0 Å². The lowest BCUT2D eigenvalue weighted by Gasteiger charge is -2.06. The van der Waals surface area contributed by atoms with Crippen LogP contribution >= 0.6 is 9.24 Å². The summed E-state index contributed by atoms with van der Waals surface area (Å²) in [5, 5.41) is 1.29. The van der Waals surface area contributed by atoms with Gasteiger partial charge in [0.05, 0.1) is 5.52 Å². The van der Waals surface area contributed by atoms with Crippen LogP contribution in [0.25, 0.3) is 10.9 Å². The third kappa shape index (κ3) is 1.65. The van der Waals surface area contributed by atoms with Crippen LogP contribution in [-0.4, -0.2) is 4.98 Å². The maximum absolute atomic E-state index is 4.58. The third-order valence-electron chi connectivity index (χ3n) is 2.44. The smallest absolute Gasteiger partial charge is 0.0708 e. The molecule has 1 aromatic carbocycles. The molecule has 0 fully saturated rings. The Hall–Kier alpha value is -0.940. The molecule has 2 rings (SSSR count). The summed E-state index contributed by atoms with van der Waals surface area (Å²) in [5.41, 5.74) is 3.67. The molecule has 72 valence electrons. The molecule has 0 spiro atoms. The number of para-hydroxylation sites is 1. The molecule has 0 radical (unpaired) electrons. The first-order valence-corrected chi connectivity index (χ1v) is 5.74. The Balaban J connectivity index is 2.73. The highest BCUT2D eigenvalue weighted by molar-refractivity contribution is 7.15. The minimum atomic E-state index is 0.928. The number of aromatic nitrogens is 1. The summed E-state index contributed by atoms with van der Waals surface area (Å²) >= 11 is 0. The molecule has 1 aromatic heterocycles. The zero-order valence-electron chi connectivity index (χ0n) is 8.33. The second kappa shape index (κ2) is 4.06. The van der Waals surface area contributed by atoms with Crippen molar-refractivity contribution >= 4 is 20.1 Å². The predicted molar refractivity (Wildman–Crippen MR) is 64.5 cm³/mol. The molecule has 0 amide bonds. The van der Waals surface area contributed by atoms with Crippen molar-refractivity contribution in [2.24, 2.45) is 0 Å². The zero-order chi connectivity index (χ0) is 9.97. The van der Waals surface area contributed by atoms with Gasteiger partial charge in [-0.05, 0) is 24.1 Å². The topological polar surface area (TPSA) is 12.9 Å². The molecule has 0 aliphatic heterocycles. The average molecular weight is 203 g/mol. The fourth-order valence-corrected chi connectivity index (χ4v) is 1.91. The third-order valence-corrected chi connectivity index (χ3v) is 2.86. The minimum absolute atomic E-state index is 0.928. The van der Waals surface area contributed by atoms with Crippen LogP contribution in [0.5, 0.6) is 0 Å². The number of nitrogens with zero attached hydrogens (tertiary/aromatic N) is 1. The minimum Gasteiger partial charge on any atom is -0.252 e. The van der Waals surface area contributed by atoms with Crippen LogP contribution in [0.3, 0.4) is 0 Å². The summed E-state index contributed by atoms with van der Waals surface area (Å²) in [4.78, 5) is 4.58. The van der Waals surface area contributed by atoms with E-state index in [1.807, 2.05) is 6.07 Å². The maximum Gasteiger partial charge on any atom is 0.0708 e. The first-order valence-electron chi connectivity index (χ1n) is 4.92.